The highest BCUT2D eigenvalue weighted by molar-refractivity contribution is 9.10. The van der Waals surface area contributed by atoms with Crippen molar-refractivity contribution in [2.24, 2.45) is 5.73 Å². The predicted octanol–water partition coefficient (Wildman–Crippen LogP) is 5.41. The number of sulfone groups is 1. The molecule has 0 saturated carbocycles. The van der Waals surface area contributed by atoms with Gasteiger partial charge in [0.1, 0.15) is 5.03 Å². The molecule has 0 unspecified atom stereocenters. The molecule has 0 fully saturated rings. The van der Waals surface area contributed by atoms with Crippen molar-refractivity contribution in [3.8, 4) is 11.1 Å². The fourth-order valence-corrected chi connectivity index (χ4v) is 5.55. The smallest absolute Gasteiger partial charge is 0.336 e. The maximum atomic E-state index is 12.6. The first-order valence-corrected chi connectivity index (χ1v) is 13.4. The van der Waals surface area contributed by atoms with Crippen molar-refractivity contribution in [3.63, 3.8) is 0 Å². The molecule has 8 nitrogen and oxygen atoms in total. The number of hydrogen-bond acceptors (Lipinski definition) is 5. The quantitative estimate of drug-likeness (QED) is 0.212. The van der Waals surface area contributed by atoms with Gasteiger partial charge in [-0.25, -0.2) is 18.0 Å². The zero-order chi connectivity index (χ0) is 27.3. The van der Waals surface area contributed by atoms with E-state index in [2.05, 4.69) is 27.5 Å². The van der Waals surface area contributed by atoms with Crippen molar-refractivity contribution in [2.45, 2.75) is 18.5 Å². The van der Waals surface area contributed by atoms with Crippen LogP contribution in [0.25, 0.3) is 22.0 Å². The van der Waals surface area contributed by atoms with E-state index in [1.54, 1.807) is 0 Å². The van der Waals surface area contributed by atoms with Gasteiger partial charge in [-0.3, -0.25) is 0 Å². The lowest BCUT2D eigenvalue weighted by molar-refractivity contribution is 0.0696. The second-order valence-corrected chi connectivity index (χ2v) is 11.0. The summed E-state index contributed by atoms with van der Waals surface area (Å²) in [6, 6.07) is 18.0. The zero-order valence-electron chi connectivity index (χ0n) is 19.9. The predicted molar refractivity (Wildman–Crippen MR) is 147 cm³/mol. The minimum absolute atomic E-state index is 0.00299. The van der Waals surface area contributed by atoms with Crippen LogP contribution in [-0.2, 0) is 16.4 Å². The summed E-state index contributed by atoms with van der Waals surface area (Å²) in [5.41, 5.74) is 9.24. The van der Waals surface area contributed by atoms with E-state index in [0.717, 1.165) is 22.0 Å². The Balaban J connectivity index is 0.000000233. The number of aromatic nitrogens is 1. The summed E-state index contributed by atoms with van der Waals surface area (Å²) in [4.78, 5) is 24.5. The Kier molecular flexibility index (Phi) is 8.69. The number of nitrogens with two attached hydrogens (primary N) is 1. The van der Waals surface area contributed by atoms with Gasteiger partial charge in [0.05, 0.1) is 16.9 Å². The maximum absolute atomic E-state index is 12.6. The minimum atomic E-state index is -3.46. The van der Waals surface area contributed by atoms with Crippen molar-refractivity contribution < 1.29 is 28.2 Å². The highest BCUT2D eigenvalue weighted by Gasteiger charge is 2.23. The summed E-state index contributed by atoms with van der Waals surface area (Å²) in [6.45, 7) is 5.47. The summed E-state index contributed by atoms with van der Waals surface area (Å²) in [5.74, 6) is -2.37. The molecule has 1 aromatic heterocycles. The largest absolute Gasteiger partial charge is 0.478 e. The Morgan fingerprint density at radius 3 is 2.11 bits per heavy atom. The van der Waals surface area contributed by atoms with E-state index in [1.807, 2.05) is 48.5 Å². The van der Waals surface area contributed by atoms with Gasteiger partial charge in [0.15, 0.2) is 9.84 Å². The highest BCUT2D eigenvalue weighted by Crippen LogP contribution is 2.35. The fourth-order valence-electron chi connectivity index (χ4n) is 3.81. The second kappa shape index (κ2) is 11.5. The van der Waals surface area contributed by atoms with Gasteiger partial charge in [0, 0.05) is 27.5 Å². The molecular weight excluding hydrogens is 560 g/mol. The molecule has 4 aromatic rings. The van der Waals surface area contributed by atoms with Gasteiger partial charge in [-0.2, -0.15) is 0 Å². The Morgan fingerprint density at radius 2 is 1.59 bits per heavy atom. The molecule has 0 saturated heterocycles. The van der Waals surface area contributed by atoms with Gasteiger partial charge < -0.3 is 20.9 Å². The molecule has 1 heterocycles. The minimum Gasteiger partial charge on any atom is -0.478 e. The molecule has 5 N–H and O–H groups in total. The number of halogens is 1. The van der Waals surface area contributed by atoms with Crippen LogP contribution in [0, 0.1) is 6.92 Å². The van der Waals surface area contributed by atoms with Crippen LogP contribution < -0.4 is 5.73 Å². The number of rotatable bonds is 7. The highest BCUT2D eigenvalue weighted by atomic mass is 79.9. The molecule has 0 aliphatic carbocycles. The number of carbonyl (C=O) groups is 2. The first-order valence-electron chi connectivity index (χ1n) is 11.0. The molecule has 3 aromatic carbocycles. The normalized spacial score (nSPS) is 11.0. The van der Waals surface area contributed by atoms with Crippen LogP contribution in [0.2, 0.25) is 0 Å². The number of carboxylic acid groups (broad SMARTS) is 2. The molecule has 0 bridgehead atoms. The summed E-state index contributed by atoms with van der Waals surface area (Å²) in [5, 5.41) is 18.7. The van der Waals surface area contributed by atoms with Crippen molar-refractivity contribution in [1.82, 2.24) is 4.98 Å². The summed E-state index contributed by atoms with van der Waals surface area (Å²) in [7, 11) is -3.46. The number of aromatic amines is 1. The Labute approximate surface area is 222 Å². The monoisotopic (exact) mass is 584 g/mol. The van der Waals surface area contributed by atoms with Crippen molar-refractivity contribution >= 4 is 48.6 Å². The first-order chi connectivity index (χ1) is 17.5. The number of para-hydroxylation sites is 1. The summed E-state index contributed by atoms with van der Waals surface area (Å²) >= 11 is 3.06. The molecule has 37 heavy (non-hydrogen) atoms. The van der Waals surface area contributed by atoms with Crippen LogP contribution in [0.5, 0.6) is 0 Å². The summed E-state index contributed by atoms with van der Waals surface area (Å²) in [6.07, 6.45) is 1.40. The third kappa shape index (κ3) is 6.16. The zero-order valence-corrected chi connectivity index (χ0v) is 22.3. The van der Waals surface area contributed by atoms with E-state index in [-0.39, 0.29) is 27.5 Å². The number of benzene rings is 3. The van der Waals surface area contributed by atoms with Gasteiger partial charge >= 0.3 is 11.9 Å². The van der Waals surface area contributed by atoms with E-state index < -0.39 is 21.8 Å². The van der Waals surface area contributed by atoms with E-state index in [0.29, 0.717) is 16.6 Å². The van der Waals surface area contributed by atoms with Crippen LogP contribution in [-0.4, -0.2) is 41.3 Å². The van der Waals surface area contributed by atoms with Gasteiger partial charge in [-0.1, -0.05) is 64.5 Å². The van der Waals surface area contributed by atoms with Crippen molar-refractivity contribution in [1.29, 1.82) is 0 Å². The number of hydrogen-bond donors (Lipinski definition) is 4. The Morgan fingerprint density at radius 1 is 1.03 bits per heavy atom. The molecular formula is C27H25BrN2O6S. The molecule has 0 aliphatic rings. The number of carboxylic acids is 2. The van der Waals surface area contributed by atoms with Gasteiger partial charge in [0.2, 0.25) is 0 Å². The fraction of sp³-hybridized carbons (Fsp3) is 0.111. The van der Waals surface area contributed by atoms with Gasteiger partial charge in [-0.15, -0.1) is 6.58 Å². The first kappa shape index (κ1) is 27.9. The molecule has 0 atom stereocenters. The maximum Gasteiger partial charge on any atom is 0.336 e. The molecule has 0 spiro atoms. The lowest BCUT2D eigenvalue weighted by Crippen LogP contribution is -2.07. The molecule has 0 radical (unpaired) electrons. The topological polar surface area (TPSA) is 151 Å². The van der Waals surface area contributed by atoms with E-state index in [9.17, 15) is 18.0 Å². The molecule has 0 aliphatic heterocycles. The van der Waals surface area contributed by atoms with E-state index in [4.69, 9.17) is 15.9 Å². The average Bonchev–Trinajstić information content (AvgIpc) is 3.26. The lowest BCUT2D eigenvalue weighted by Gasteiger charge is -2.06. The van der Waals surface area contributed by atoms with E-state index in [1.165, 1.54) is 25.1 Å². The van der Waals surface area contributed by atoms with Crippen LogP contribution in [0.4, 0.5) is 0 Å². The number of nitrogens with one attached hydrogen (secondary N) is 1. The summed E-state index contributed by atoms with van der Waals surface area (Å²) < 4.78 is 25.6. The number of H-pyrrole nitrogens is 1. The van der Waals surface area contributed by atoms with Crippen LogP contribution in [0.1, 0.15) is 31.8 Å². The van der Waals surface area contributed by atoms with Crippen LogP contribution >= 0.6 is 15.9 Å². The number of fused-ring (bicyclic) bond motifs is 1. The van der Waals surface area contributed by atoms with Crippen molar-refractivity contribution in [2.75, 3.05) is 5.75 Å². The van der Waals surface area contributed by atoms with Crippen LogP contribution in [0.3, 0.4) is 0 Å². The molecule has 192 valence electrons. The van der Waals surface area contributed by atoms with Crippen LogP contribution in [0.15, 0.2) is 82.8 Å². The molecule has 10 heteroatoms. The van der Waals surface area contributed by atoms with Crippen molar-refractivity contribution in [3.05, 3.63) is 100 Å². The Bertz CT molecular complexity index is 1560. The van der Waals surface area contributed by atoms with Gasteiger partial charge in [0.25, 0.3) is 0 Å². The molecule has 0 amide bonds. The SMILES string of the molecule is C=CCS(=O)(=O)c1[nH]c2ccccc2c1-c1ccc(CN)cc1.Cc1c(C(=O)O)cc(Br)cc1C(=O)O. The van der Waals surface area contributed by atoms with E-state index >= 15 is 0 Å². The van der Waals surface area contributed by atoms with Gasteiger partial charge in [-0.05, 0) is 41.8 Å². The third-order valence-electron chi connectivity index (χ3n) is 5.63. The average molecular weight is 585 g/mol. The number of aromatic carboxylic acids is 2. The second-order valence-electron chi connectivity index (χ2n) is 8.08. The Hall–Kier alpha value is -3.73. The standard InChI is InChI=1S/C18H18N2O2S.C9H7BrO4/c1-2-11-23(21,22)18-17(14-9-7-13(12-19)8-10-14)15-5-3-4-6-16(15)20-18;1-4-6(8(11)12)2-5(10)3-7(4)9(13)14/h2-10,20H,1,11-12,19H2;2-3H,1H3,(H,11,12)(H,13,14). The molecule has 4 rings (SSSR count). The lowest BCUT2D eigenvalue weighted by atomic mass is 10.0. The third-order valence-corrected chi connectivity index (χ3v) is 7.69.